The standard InChI is InChI=1S/C14H20BrClN2O2S/c1-2-18(14-5-3-4-10(14)9-17)21(19,20)11-6-7-13(16)12(15)8-11/h6-8,10,14H,2-5,9,17H2,1H3. The predicted molar refractivity (Wildman–Crippen MR) is 88.9 cm³/mol. The fraction of sp³-hybridized carbons (Fsp3) is 0.571. The first-order valence-electron chi connectivity index (χ1n) is 7.08. The van der Waals surface area contributed by atoms with Crippen LogP contribution in [-0.4, -0.2) is 31.9 Å². The van der Waals surface area contributed by atoms with Gasteiger partial charge in [-0.05, 0) is 59.4 Å². The Balaban J connectivity index is 2.37. The fourth-order valence-corrected chi connectivity index (χ4v) is 5.43. The molecule has 2 N–H and O–H groups in total. The molecule has 7 heteroatoms. The van der Waals surface area contributed by atoms with E-state index in [0.717, 1.165) is 19.3 Å². The second-order valence-corrected chi connectivity index (χ2v) is 8.43. The molecule has 1 aromatic carbocycles. The molecule has 1 aliphatic rings. The molecule has 1 saturated carbocycles. The van der Waals surface area contributed by atoms with E-state index in [2.05, 4.69) is 15.9 Å². The van der Waals surface area contributed by atoms with Crippen LogP contribution in [0.25, 0.3) is 0 Å². The van der Waals surface area contributed by atoms with E-state index >= 15 is 0 Å². The summed E-state index contributed by atoms with van der Waals surface area (Å²) in [5, 5.41) is 0.498. The van der Waals surface area contributed by atoms with E-state index in [1.165, 1.54) is 0 Å². The predicted octanol–water partition coefficient (Wildman–Crippen LogP) is 3.24. The van der Waals surface area contributed by atoms with Crippen LogP contribution in [0.5, 0.6) is 0 Å². The maximum Gasteiger partial charge on any atom is 0.243 e. The number of nitrogens with zero attached hydrogens (tertiary/aromatic N) is 1. The molecule has 0 aromatic heterocycles. The summed E-state index contributed by atoms with van der Waals surface area (Å²) >= 11 is 9.23. The van der Waals surface area contributed by atoms with Gasteiger partial charge in [0.25, 0.3) is 0 Å². The number of hydrogen-bond acceptors (Lipinski definition) is 3. The molecule has 4 nitrogen and oxygen atoms in total. The largest absolute Gasteiger partial charge is 0.330 e. The average molecular weight is 396 g/mol. The molecule has 0 aliphatic heterocycles. The Morgan fingerprint density at radius 2 is 2.14 bits per heavy atom. The molecule has 2 unspecified atom stereocenters. The summed E-state index contributed by atoms with van der Waals surface area (Å²) in [6.45, 7) is 2.85. The summed E-state index contributed by atoms with van der Waals surface area (Å²) in [4.78, 5) is 0.267. The third kappa shape index (κ3) is 3.45. The zero-order valence-electron chi connectivity index (χ0n) is 11.9. The van der Waals surface area contributed by atoms with Gasteiger partial charge in [-0.3, -0.25) is 0 Å². The number of hydrogen-bond donors (Lipinski definition) is 1. The lowest BCUT2D eigenvalue weighted by Gasteiger charge is -2.31. The first-order chi connectivity index (χ1) is 9.91. The van der Waals surface area contributed by atoms with Crippen LogP contribution in [0.3, 0.4) is 0 Å². The van der Waals surface area contributed by atoms with Crippen LogP contribution in [0.2, 0.25) is 5.02 Å². The summed E-state index contributed by atoms with van der Waals surface area (Å²) in [5.74, 6) is 0.246. The number of rotatable bonds is 5. The van der Waals surface area contributed by atoms with Gasteiger partial charge in [0.1, 0.15) is 0 Å². The minimum absolute atomic E-state index is 0.000506. The number of benzene rings is 1. The first kappa shape index (κ1) is 17.2. The van der Waals surface area contributed by atoms with Crippen LogP contribution in [0.4, 0.5) is 0 Å². The monoisotopic (exact) mass is 394 g/mol. The molecule has 0 amide bonds. The third-order valence-corrected chi connectivity index (χ3v) is 7.31. The van der Waals surface area contributed by atoms with Gasteiger partial charge >= 0.3 is 0 Å². The Morgan fingerprint density at radius 1 is 1.43 bits per heavy atom. The molecule has 1 aliphatic carbocycles. The van der Waals surface area contributed by atoms with Crippen molar-refractivity contribution in [3.8, 4) is 0 Å². The normalized spacial score (nSPS) is 22.9. The lowest BCUT2D eigenvalue weighted by Crippen LogP contribution is -2.43. The quantitative estimate of drug-likeness (QED) is 0.832. The molecular formula is C14H20BrClN2O2S. The Hall–Kier alpha value is -0.140. The molecule has 1 aromatic rings. The SMILES string of the molecule is CCN(C1CCCC1CN)S(=O)(=O)c1ccc(Cl)c(Br)c1. The van der Waals surface area contributed by atoms with E-state index in [1.54, 1.807) is 22.5 Å². The van der Waals surface area contributed by atoms with Gasteiger partial charge in [-0.15, -0.1) is 0 Å². The van der Waals surface area contributed by atoms with E-state index < -0.39 is 10.0 Å². The van der Waals surface area contributed by atoms with Gasteiger partial charge in [0.2, 0.25) is 10.0 Å². The fourth-order valence-electron chi connectivity index (χ4n) is 3.03. The van der Waals surface area contributed by atoms with Crippen molar-refractivity contribution in [1.82, 2.24) is 4.31 Å². The van der Waals surface area contributed by atoms with Gasteiger partial charge in [-0.1, -0.05) is 24.9 Å². The lowest BCUT2D eigenvalue weighted by atomic mass is 10.0. The van der Waals surface area contributed by atoms with Gasteiger partial charge in [0.05, 0.1) is 9.92 Å². The van der Waals surface area contributed by atoms with Crippen molar-refractivity contribution in [2.75, 3.05) is 13.1 Å². The highest BCUT2D eigenvalue weighted by Gasteiger charge is 2.37. The average Bonchev–Trinajstić information content (AvgIpc) is 2.90. The van der Waals surface area contributed by atoms with Gasteiger partial charge < -0.3 is 5.73 Å². The summed E-state index contributed by atoms with van der Waals surface area (Å²) in [6, 6.07) is 4.71. The molecule has 0 saturated heterocycles. The highest BCUT2D eigenvalue weighted by atomic mass is 79.9. The Labute approximate surface area is 139 Å². The molecule has 21 heavy (non-hydrogen) atoms. The van der Waals surface area contributed by atoms with Crippen molar-refractivity contribution in [2.45, 2.75) is 37.1 Å². The smallest absolute Gasteiger partial charge is 0.243 e. The van der Waals surface area contributed by atoms with Crippen LogP contribution < -0.4 is 5.73 Å². The van der Waals surface area contributed by atoms with Crippen molar-refractivity contribution in [3.05, 3.63) is 27.7 Å². The zero-order valence-corrected chi connectivity index (χ0v) is 15.1. The summed E-state index contributed by atoms with van der Waals surface area (Å²) in [7, 11) is -3.53. The molecule has 0 heterocycles. The molecule has 0 spiro atoms. The summed E-state index contributed by atoms with van der Waals surface area (Å²) < 4.78 is 28.0. The van der Waals surface area contributed by atoms with E-state index in [9.17, 15) is 8.42 Å². The van der Waals surface area contributed by atoms with E-state index in [0.29, 0.717) is 22.6 Å². The second-order valence-electron chi connectivity index (χ2n) is 5.28. The van der Waals surface area contributed by atoms with Crippen molar-refractivity contribution < 1.29 is 8.42 Å². The van der Waals surface area contributed by atoms with Crippen LogP contribution in [0, 0.1) is 5.92 Å². The Morgan fingerprint density at radius 3 is 2.71 bits per heavy atom. The highest BCUT2D eigenvalue weighted by Crippen LogP contribution is 2.34. The van der Waals surface area contributed by atoms with Crippen LogP contribution in [0.15, 0.2) is 27.6 Å². The van der Waals surface area contributed by atoms with Gasteiger partial charge in [-0.25, -0.2) is 8.42 Å². The number of halogens is 2. The van der Waals surface area contributed by atoms with E-state index in [-0.39, 0.29) is 16.9 Å². The molecule has 118 valence electrons. The van der Waals surface area contributed by atoms with Crippen molar-refractivity contribution in [1.29, 1.82) is 0 Å². The second kappa shape index (κ2) is 6.96. The van der Waals surface area contributed by atoms with Crippen molar-refractivity contribution >= 4 is 37.6 Å². The Kier molecular flexibility index (Phi) is 5.71. The van der Waals surface area contributed by atoms with Crippen molar-refractivity contribution in [2.24, 2.45) is 11.7 Å². The molecule has 0 radical (unpaired) electrons. The maximum absolute atomic E-state index is 12.9. The molecule has 2 atom stereocenters. The molecule has 1 fully saturated rings. The third-order valence-electron chi connectivity index (χ3n) is 4.10. The van der Waals surface area contributed by atoms with E-state index in [1.807, 2.05) is 6.92 Å². The minimum atomic E-state index is -3.53. The highest BCUT2D eigenvalue weighted by molar-refractivity contribution is 9.10. The van der Waals surface area contributed by atoms with Gasteiger partial charge in [-0.2, -0.15) is 4.31 Å². The minimum Gasteiger partial charge on any atom is -0.330 e. The van der Waals surface area contributed by atoms with Crippen LogP contribution in [-0.2, 0) is 10.0 Å². The van der Waals surface area contributed by atoms with Gasteiger partial charge in [0, 0.05) is 17.1 Å². The van der Waals surface area contributed by atoms with Crippen molar-refractivity contribution in [3.63, 3.8) is 0 Å². The van der Waals surface area contributed by atoms with Crippen LogP contribution >= 0.6 is 27.5 Å². The van der Waals surface area contributed by atoms with E-state index in [4.69, 9.17) is 17.3 Å². The summed E-state index contributed by atoms with van der Waals surface area (Å²) in [6.07, 6.45) is 2.91. The maximum atomic E-state index is 12.9. The lowest BCUT2D eigenvalue weighted by molar-refractivity contribution is 0.276. The first-order valence-corrected chi connectivity index (χ1v) is 9.69. The topological polar surface area (TPSA) is 63.4 Å². The van der Waals surface area contributed by atoms with Crippen LogP contribution in [0.1, 0.15) is 26.2 Å². The Bertz CT molecular complexity index is 609. The van der Waals surface area contributed by atoms with Gasteiger partial charge in [0.15, 0.2) is 0 Å². The summed E-state index contributed by atoms with van der Waals surface area (Å²) in [5.41, 5.74) is 5.80. The molecule has 2 rings (SSSR count). The number of nitrogens with two attached hydrogens (primary N) is 1. The number of sulfonamides is 1. The zero-order chi connectivity index (χ0) is 15.6. The molecular weight excluding hydrogens is 376 g/mol. The molecule has 0 bridgehead atoms.